The molecule has 0 aliphatic rings. The molecule has 5 heteroatoms. The summed E-state index contributed by atoms with van der Waals surface area (Å²) in [5.41, 5.74) is 3.78. The summed E-state index contributed by atoms with van der Waals surface area (Å²) in [7, 11) is 2.08. The van der Waals surface area contributed by atoms with Crippen LogP contribution in [0.4, 0.5) is 11.6 Å². The van der Waals surface area contributed by atoms with Crippen LogP contribution in [-0.2, 0) is 6.42 Å². The molecule has 0 aliphatic carbocycles. The van der Waals surface area contributed by atoms with Gasteiger partial charge in [0, 0.05) is 19.2 Å². The lowest BCUT2D eigenvalue weighted by molar-refractivity contribution is 0.697. The first kappa shape index (κ1) is 14.7. The van der Waals surface area contributed by atoms with E-state index in [-0.39, 0.29) is 0 Å². The number of nitrogens with zero attached hydrogens (tertiary/aromatic N) is 3. The van der Waals surface area contributed by atoms with E-state index >= 15 is 0 Å². The SMILES string of the molecule is CCCCCN(C)c1ncnc(NN)c1CCC. The summed E-state index contributed by atoms with van der Waals surface area (Å²) in [5.74, 6) is 7.25. The lowest BCUT2D eigenvalue weighted by atomic mass is 10.1. The third-order valence-electron chi connectivity index (χ3n) is 3.02. The fourth-order valence-electron chi connectivity index (χ4n) is 2.04. The van der Waals surface area contributed by atoms with Crippen LogP contribution < -0.4 is 16.2 Å². The summed E-state index contributed by atoms with van der Waals surface area (Å²) in [5, 5.41) is 0. The Morgan fingerprint density at radius 1 is 1.22 bits per heavy atom. The molecule has 0 aromatic carbocycles. The van der Waals surface area contributed by atoms with E-state index in [9.17, 15) is 0 Å². The quantitative estimate of drug-likeness (QED) is 0.422. The molecule has 0 fully saturated rings. The maximum absolute atomic E-state index is 5.51. The third-order valence-corrected chi connectivity index (χ3v) is 3.02. The topological polar surface area (TPSA) is 67.1 Å². The Morgan fingerprint density at radius 2 is 2.00 bits per heavy atom. The lowest BCUT2D eigenvalue weighted by Gasteiger charge is -2.22. The molecule has 0 atom stereocenters. The van der Waals surface area contributed by atoms with Crippen molar-refractivity contribution >= 4 is 11.6 Å². The minimum Gasteiger partial charge on any atom is -0.359 e. The summed E-state index contributed by atoms with van der Waals surface area (Å²) in [6.07, 6.45) is 7.23. The standard InChI is InChI=1S/C13H25N5/c1-4-6-7-9-18(3)13-11(8-5-2)12(17-14)15-10-16-13/h10H,4-9,14H2,1-3H3,(H,15,16,17). The summed E-state index contributed by atoms with van der Waals surface area (Å²) < 4.78 is 0. The van der Waals surface area contributed by atoms with Crippen LogP contribution in [0.3, 0.4) is 0 Å². The van der Waals surface area contributed by atoms with Gasteiger partial charge in [-0.1, -0.05) is 33.1 Å². The van der Waals surface area contributed by atoms with Gasteiger partial charge in [0.1, 0.15) is 18.0 Å². The largest absolute Gasteiger partial charge is 0.359 e. The molecular formula is C13H25N5. The highest BCUT2D eigenvalue weighted by Gasteiger charge is 2.13. The van der Waals surface area contributed by atoms with E-state index in [1.54, 1.807) is 6.33 Å². The molecule has 0 saturated heterocycles. The van der Waals surface area contributed by atoms with E-state index in [1.165, 1.54) is 19.3 Å². The van der Waals surface area contributed by atoms with Crippen molar-refractivity contribution in [1.82, 2.24) is 9.97 Å². The Kier molecular flexibility index (Phi) is 6.43. The number of aromatic nitrogens is 2. The van der Waals surface area contributed by atoms with Crippen molar-refractivity contribution in [1.29, 1.82) is 0 Å². The van der Waals surface area contributed by atoms with Crippen LogP contribution in [0.25, 0.3) is 0 Å². The molecule has 102 valence electrons. The van der Waals surface area contributed by atoms with E-state index in [0.29, 0.717) is 0 Å². The van der Waals surface area contributed by atoms with Crippen LogP contribution >= 0.6 is 0 Å². The molecular weight excluding hydrogens is 226 g/mol. The zero-order valence-electron chi connectivity index (χ0n) is 11.7. The first-order valence-corrected chi connectivity index (χ1v) is 6.76. The van der Waals surface area contributed by atoms with Crippen LogP contribution in [-0.4, -0.2) is 23.6 Å². The normalized spacial score (nSPS) is 10.4. The first-order valence-electron chi connectivity index (χ1n) is 6.76. The van der Waals surface area contributed by atoms with Gasteiger partial charge in [0.05, 0.1) is 0 Å². The Labute approximate surface area is 110 Å². The highest BCUT2D eigenvalue weighted by Crippen LogP contribution is 2.23. The van der Waals surface area contributed by atoms with Crippen molar-refractivity contribution in [2.45, 2.75) is 46.0 Å². The van der Waals surface area contributed by atoms with Crippen molar-refractivity contribution in [2.24, 2.45) is 5.84 Å². The summed E-state index contributed by atoms with van der Waals surface area (Å²) in [6, 6.07) is 0. The van der Waals surface area contributed by atoms with Gasteiger partial charge in [-0.3, -0.25) is 0 Å². The molecule has 0 bridgehead atoms. The number of unbranched alkanes of at least 4 members (excludes halogenated alkanes) is 2. The molecule has 18 heavy (non-hydrogen) atoms. The highest BCUT2D eigenvalue weighted by molar-refractivity contribution is 5.58. The van der Waals surface area contributed by atoms with Crippen LogP contribution in [0.2, 0.25) is 0 Å². The van der Waals surface area contributed by atoms with Gasteiger partial charge in [-0.25, -0.2) is 15.8 Å². The van der Waals surface area contributed by atoms with Crippen molar-refractivity contribution in [2.75, 3.05) is 23.9 Å². The number of nitrogen functional groups attached to an aromatic ring is 1. The number of rotatable bonds is 8. The van der Waals surface area contributed by atoms with Crippen molar-refractivity contribution in [3.63, 3.8) is 0 Å². The van der Waals surface area contributed by atoms with Gasteiger partial charge in [0.2, 0.25) is 0 Å². The molecule has 3 N–H and O–H groups in total. The smallest absolute Gasteiger partial charge is 0.148 e. The predicted molar refractivity (Wildman–Crippen MR) is 76.6 cm³/mol. The van der Waals surface area contributed by atoms with Crippen molar-refractivity contribution in [3.05, 3.63) is 11.9 Å². The van der Waals surface area contributed by atoms with Gasteiger partial charge in [-0.2, -0.15) is 0 Å². The van der Waals surface area contributed by atoms with E-state index in [4.69, 9.17) is 5.84 Å². The molecule has 1 aromatic rings. The zero-order valence-corrected chi connectivity index (χ0v) is 11.7. The second kappa shape index (κ2) is 7.87. The summed E-state index contributed by atoms with van der Waals surface area (Å²) in [4.78, 5) is 10.8. The monoisotopic (exact) mass is 251 g/mol. The van der Waals surface area contributed by atoms with Crippen LogP contribution in [0, 0.1) is 0 Å². The van der Waals surface area contributed by atoms with Gasteiger partial charge in [-0.15, -0.1) is 0 Å². The molecule has 1 heterocycles. The summed E-state index contributed by atoms with van der Waals surface area (Å²) in [6.45, 7) is 5.38. The Morgan fingerprint density at radius 3 is 2.61 bits per heavy atom. The number of nitrogens with two attached hydrogens (primary N) is 1. The molecule has 0 radical (unpaired) electrons. The molecule has 0 saturated carbocycles. The minimum atomic E-state index is 0.740. The van der Waals surface area contributed by atoms with Crippen LogP contribution in [0.1, 0.15) is 45.1 Å². The molecule has 1 rings (SSSR count). The zero-order chi connectivity index (χ0) is 13.4. The number of anilines is 2. The fraction of sp³-hybridized carbons (Fsp3) is 0.692. The van der Waals surface area contributed by atoms with E-state index in [1.807, 2.05) is 0 Å². The van der Waals surface area contributed by atoms with Crippen molar-refractivity contribution < 1.29 is 0 Å². The Bertz CT molecular complexity index is 353. The first-order chi connectivity index (χ1) is 8.74. The average molecular weight is 251 g/mol. The van der Waals surface area contributed by atoms with Gasteiger partial charge in [0.15, 0.2) is 0 Å². The average Bonchev–Trinajstić information content (AvgIpc) is 2.39. The van der Waals surface area contributed by atoms with Gasteiger partial charge in [-0.05, 0) is 12.8 Å². The van der Waals surface area contributed by atoms with E-state index < -0.39 is 0 Å². The van der Waals surface area contributed by atoms with Crippen LogP contribution in [0.15, 0.2) is 6.33 Å². The minimum absolute atomic E-state index is 0.740. The Hall–Kier alpha value is -1.36. The van der Waals surface area contributed by atoms with Gasteiger partial charge >= 0.3 is 0 Å². The molecule has 5 nitrogen and oxygen atoms in total. The lowest BCUT2D eigenvalue weighted by Crippen LogP contribution is -2.23. The highest BCUT2D eigenvalue weighted by atomic mass is 15.3. The molecule has 0 unspecified atom stereocenters. The number of hydrazine groups is 1. The molecule has 1 aromatic heterocycles. The fourth-order valence-corrected chi connectivity index (χ4v) is 2.04. The third kappa shape index (κ3) is 3.84. The van der Waals surface area contributed by atoms with E-state index in [2.05, 4.69) is 41.2 Å². The Balaban J connectivity index is 2.85. The molecule has 0 spiro atoms. The van der Waals surface area contributed by atoms with Gasteiger partial charge in [0.25, 0.3) is 0 Å². The maximum Gasteiger partial charge on any atom is 0.148 e. The second-order valence-electron chi connectivity index (χ2n) is 4.55. The predicted octanol–water partition coefficient (Wildman–Crippen LogP) is 2.34. The number of hydrogen-bond acceptors (Lipinski definition) is 5. The number of nitrogens with one attached hydrogen (secondary N) is 1. The van der Waals surface area contributed by atoms with E-state index in [0.717, 1.165) is 36.6 Å². The van der Waals surface area contributed by atoms with Gasteiger partial charge < -0.3 is 10.3 Å². The number of hydrogen-bond donors (Lipinski definition) is 2. The summed E-state index contributed by atoms with van der Waals surface area (Å²) >= 11 is 0. The maximum atomic E-state index is 5.51. The second-order valence-corrected chi connectivity index (χ2v) is 4.55. The molecule has 0 amide bonds. The molecule has 0 aliphatic heterocycles. The van der Waals surface area contributed by atoms with Crippen LogP contribution in [0.5, 0.6) is 0 Å². The van der Waals surface area contributed by atoms with Crippen molar-refractivity contribution in [3.8, 4) is 0 Å².